The molecule has 0 fully saturated rings. The molecular formula is C14H22FN3O. The molecule has 1 rings (SSSR count). The number of hydrogen-bond acceptors (Lipinski definition) is 3. The van der Waals surface area contributed by atoms with Gasteiger partial charge >= 0.3 is 0 Å². The molecule has 3 N–H and O–H groups in total. The first kappa shape index (κ1) is 15.4. The normalized spacial score (nSPS) is 11.1. The van der Waals surface area contributed by atoms with E-state index in [2.05, 4.69) is 24.1 Å². The minimum absolute atomic E-state index is 0.136. The van der Waals surface area contributed by atoms with Crippen LogP contribution in [0.15, 0.2) is 18.2 Å². The highest BCUT2D eigenvalue weighted by Crippen LogP contribution is 2.17. The van der Waals surface area contributed by atoms with Crippen LogP contribution in [0.4, 0.5) is 15.8 Å². The average molecular weight is 267 g/mol. The van der Waals surface area contributed by atoms with E-state index in [0.29, 0.717) is 24.6 Å². The second kappa shape index (κ2) is 7.09. The second-order valence-corrected chi connectivity index (χ2v) is 5.19. The van der Waals surface area contributed by atoms with Gasteiger partial charge in [-0.25, -0.2) is 4.39 Å². The van der Waals surface area contributed by atoms with E-state index in [1.807, 2.05) is 7.05 Å². The van der Waals surface area contributed by atoms with Crippen LogP contribution in [-0.2, 0) is 4.79 Å². The molecule has 0 aliphatic carbocycles. The number of halogens is 1. The molecule has 0 aromatic heterocycles. The third-order valence-corrected chi connectivity index (χ3v) is 2.66. The standard InChI is InChI=1S/C14H22FN3O/c1-10(2)9-18(3)7-6-14(19)17-13-8-11(16)4-5-12(13)15/h4-5,8,10H,6-7,9,16H2,1-3H3,(H,17,19). The molecule has 4 nitrogen and oxygen atoms in total. The van der Waals surface area contributed by atoms with Crippen molar-refractivity contribution < 1.29 is 9.18 Å². The first-order chi connectivity index (χ1) is 8.88. The van der Waals surface area contributed by atoms with E-state index >= 15 is 0 Å². The van der Waals surface area contributed by atoms with Gasteiger partial charge < -0.3 is 16.0 Å². The Morgan fingerprint density at radius 2 is 2.16 bits per heavy atom. The van der Waals surface area contributed by atoms with Gasteiger partial charge in [-0.1, -0.05) is 13.8 Å². The summed E-state index contributed by atoms with van der Waals surface area (Å²) in [6.45, 7) is 5.82. The first-order valence-electron chi connectivity index (χ1n) is 6.42. The summed E-state index contributed by atoms with van der Waals surface area (Å²) in [7, 11) is 1.97. The zero-order valence-corrected chi connectivity index (χ0v) is 11.7. The van der Waals surface area contributed by atoms with E-state index in [0.717, 1.165) is 6.54 Å². The van der Waals surface area contributed by atoms with E-state index < -0.39 is 5.82 Å². The number of rotatable bonds is 6. The molecule has 0 spiro atoms. The minimum Gasteiger partial charge on any atom is -0.399 e. The smallest absolute Gasteiger partial charge is 0.225 e. The molecule has 106 valence electrons. The lowest BCUT2D eigenvalue weighted by molar-refractivity contribution is -0.116. The van der Waals surface area contributed by atoms with Crippen LogP contribution in [-0.4, -0.2) is 30.9 Å². The summed E-state index contributed by atoms with van der Waals surface area (Å²) >= 11 is 0. The average Bonchev–Trinajstić information content (AvgIpc) is 2.30. The van der Waals surface area contributed by atoms with Crippen LogP contribution in [0, 0.1) is 11.7 Å². The minimum atomic E-state index is -0.474. The zero-order chi connectivity index (χ0) is 14.4. The van der Waals surface area contributed by atoms with Crippen molar-refractivity contribution in [2.75, 3.05) is 31.2 Å². The van der Waals surface area contributed by atoms with Crippen molar-refractivity contribution in [2.24, 2.45) is 5.92 Å². The van der Waals surface area contributed by atoms with Gasteiger partial charge in [0.15, 0.2) is 0 Å². The van der Waals surface area contributed by atoms with Crippen LogP contribution < -0.4 is 11.1 Å². The maximum Gasteiger partial charge on any atom is 0.225 e. The Kier molecular flexibility index (Phi) is 5.76. The molecule has 0 saturated carbocycles. The fourth-order valence-electron chi connectivity index (χ4n) is 1.86. The summed E-state index contributed by atoms with van der Waals surface area (Å²) in [5.41, 5.74) is 6.11. The van der Waals surface area contributed by atoms with Crippen LogP contribution in [0.25, 0.3) is 0 Å². The van der Waals surface area contributed by atoms with Crippen molar-refractivity contribution in [3.05, 3.63) is 24.0 Å². The lowest BCUT2D eigenvalue weighted by Gasteiger charge is -2.18. The first-order valence-corrected chi connectivity index (χ1v) is 6.42. The molecule has 0 saturated heterocycles. The number of hydrogen-bond donors (Lipinski definition) is 2. The molecule has 0 aliphatic heterocycles. The molecule has 1 aromatic carbocycles. The summed E-state index contributed by atoms with van der Waals surface area (Å²) in [6.07, 6.45) is 0.331. The SMILES string of the molecule is CC(C)CN(C)CCC(=O)Nc1cc(N)ccc1F. The van der Waals surface area contributed by atoms with Gasteiger partial charge in [-0.05, 0) is 31.2 Å². The Labute approximate surface area is 113 Å². The van der Waals surface area contributed by atoms with Crippen molar-refractivity contribution in [2.45, 2.75) is 20.3 Å². The number of nitrogens with zero attached hydrogens (tertiary/aromatic N) is 1. The highest BCUT2D eigenvalue weighted by Gasteiger charge is 2.09. The summed E-state index contributed by atoms with van der Waals surface area (Å²) in [5.74, 6) is -0.127. The molecule has 19 heavy (non-hydrogen) atoms. The van der Waals surface area contributed by atoms with Gasteiger partial charge in [-0.2, -0.15) is 0 Å². The predicted octanol–water partition coefficient (Wildman–Crippen LogP) is 2.32. The van der Waals surface area contributed by atoms with Gasteiger partial charge in [-0.3, -0.25) is 4.79 Å². The van der Waals surface area contributed by atoms with E-state index in [1.165, 1.54) is 18.2 Å². The Morgan fingerprint density at radius 3 is 2.79 bits per heavy atom. The van der Waals surface area contributed by atoms with Crippen LogP contribution in [0.2, 0.25) is 0 Å². The Bertz CT molecular complexity index is 435. The van der Waals surface area contributed by atoms with Crippen molar-refractivity contribution in [3.63, 3.8) is 0 Å². The fraction of sp³-hybridized carbons (Fsp3) is 0.500. The molecule has 0 atom stereocenters. The molecule has 0 radical (unpaired) electrons. The van der Waals surface area contributed by atoms with E-state index in [4.69, 9.17) is 5.73 Å². The molecular weight excluding hydrogens is 245 g/mol. The van der Waals surface area contributed by atoms with Crippen molar-refractivity contribution in [1.29, 1.82) is 0 Å². The number of benzene rings is 1. The lowest BCUT2D eigenvalue weighted by atomic mass is 10.2. The van der Waals surface area contributed by atoms with Gasteiger partial charge in [0.05, 0.1) is 5.69 Å². The molecule has 0 bridgehead atoms. The summed E-state index contributed by atoms with van der Waals surface area (Å²) in [5, 5.41) is 2.54. The Hall–Kier alpha value is -1.62. The monoisotopic (exact) mass is 267 g/mol. The number of nitrogens with one attached hydrogen (secondary N) is 1. The molecule has 1 aromatic rings. The molecule has 0 unspecified atom stereocenters. The lowest BCUT2D eigenvalue weighted by Crippen LogP contribution is -2.27. The van der Waals surface area contributed by atoms with Crippen LogP contribution in [0.5, 0.6) is 0 Å². The number of anilines is 2. The quantitative estimate of drug-likeness (QED) is 0.778. The van der Waals surface area contributed by atoms with E-state index in [9.17, 15) is 9.18 Å². The van der Waals surface area contributed by atoms with Gasteiger partial charge in [0.25, 0.3) is 0 Å². The Balaban J connectivity index is 2.45. The van der Waals surface area contributed by atoms with Crippen LogP contribution in [0.3, 0.4) is 0 Å². The molecule has 5 heteroatoms. The number of nitrogens with two attached hydrogens (primary N) is 1. The van der Waals surface area contributed by atoms with Crippen molar-refractivity contribution >= 4 is 17.3 Å². The molecule has 0 aliphatic rings. The number of nitrogen functional groups attached to an aromatic ring is 1. The van der Waals surface area contributed by atoms with Crippen molar-refractivity contribution in [1.82, 2.24) is 4.90 Å². The predicted molar refractivity (Wildman–Crippen MR) is 76.4 cm³/mol. The maximum absolute atomic E-state index is 13.4. The third kappa shape index (κ3) is 5.70. The molecule has 1 amide bonds. The largest absolute Gasteiger partial charge is 0.399 e. The summed E-state index contributed by atoms with van der Waals surface area (Å²) < 4.78 is 13.4. The van der Waals surface area contributed by atoms with Gasteiger partial charge in [-0.15, -0.1) is 0 Å². The number of carbonyl (C=O) groups excluding carboxylic acids is 1. The Morgan fingerprint density at radius 1 is 1.47 bits per heavy atom. The van der Waals surface area contributed by atoms with Gasteiger partial charge in [0, 0.05) is 25.2 Å². The fourth-order valence-corrected chi connectivity index (χ4v) is 1.86. The second-order valence-electron chi connectivity index (χ2n) is 5.19. The van der Waals surface area contributed by atoms with E-state index in [1.54, 1.807) is 0 Å². The van der Waals surface area contributed by atoms with Crippen LogP contribution in [0.1, 0.15) is 20.3 Å². The third-order valence-electron chi connectivity index (χ3n) is 2.66. The number of amides is 1. The van der Waals surface area contributed by atoms with E-state index in [-0.39, 0.29) is 11.6 Å². The summed E-state index contributed by atoms with van der Waals surface area (Å²) in [4.78, 5) is 13.8. The zero-order valence-electron chi connectivity index (χ0n) is 11.7. The van der Waals surface area contributed by atoms with Gasteiger partial charge in [0.1, 0.15) is 5.82 Å². The van der Waals surface area contributed by atoms with Crippen molar-refractivity contribution in [3.8, 4) is 0 Å². The van der Waals surface area contributed by atoms with Gasteiger partial charge in [0.2, 0.25) is 5.91 Å². The van der Waals surface area contributed by atoms with Crippen LogP contribution >= 0.6 is 0 Å². The highest BCUT2D eigenvalue weighted by atomic mass is 19.1. The maximum atomic E-state index is 13.4. The molecule has 0 heterocycles. The highest BCUT2D eigenvalue weighted by molar-refractivity contribution is 5.91. The topological polar surface area (TPSA) is 58.4 Å². The number of carbonyl (C=O) groups is 1. The summed E-state index contributed by atoms with van der Waals surface area (Å²) in [6, 6.07) is 4.13.